The third kappa shape index (κ3) is 3.49. The molecule has 1 heterocycles. The number of hydrogen-bond donors (Lipinski definition) is 0. The summed E-state index contributed by atoms with van der Waals surface area (Å²) in [5.41, 5.74) is 6.58. The van der Waals surface area contributed by atoms with E-state index in [1.165, 1.54) is 5.56 Å². The molecule has 25 heavy (non-hydrogen) atoms. The molecule has 0 bridgehead atoms. The van der Waals surface area contributed by atoms with Crippen molar-refractivity contribution in [2.45, 2.75) is 33.6 Å². The van der Waals surface area contributed by atoms with Gasteiger partial charge in [-0.05, 0) is 43.9 Å². The predicted molar refractivity (Wildman–Crippen MR) is 102 cm³/mol. The highest BCUT2D eigenvalue weighted by Gasteiger charge is 2.15. The van der Waals surface area contributed by atoms with Crippen LogP contribution < -0.4 is 4.74 Å². The Kier molecular flexibility index (Phi) is 5.00. The van der Waals surface area contributed by atoms with Crippen LogP contribution in [-0.2, 0) is 0 Å². The van der Waals surface area contributed by atoms with Crippen molar-refractivity contribution in [3.63, 3.8) is 0 Å². The molecule has 0 aliphatic carbocycles. The molecule has 0 radical (unpaired) electrons. The standard InChI is InChI=1S/C22H22N2O/c1-15-6-10-18(11-7-15)19-14-24-21-17(3)9-8-16(2)20(21)22(19)25-13-5-4-12-23/h6-11,14H,4-5,13H2,1-3H3. The molecule has 0 saturated carbocycles. The van der Waals surface area contributed by atoms with Crippen LogP contribution in [0.4, 0.5) is 0 Å². The van der Waals surface area contributed by atoms with Gasteiger partial charge < -0.3 is 4.74 Å². The highest BCUT2D eigenvalue weighted by molar-refractivity contribution is 5.96. The van der Waals surface area contributed by atoms with E-state index in [0.29, 0.717) is 13.0 Å². The van der Waals surface area contributed by atoms with Gasteiger partial charge in [-0.25, -0.2) is 0 Å². The van der Waals surface area contributed by atoms with E-state index in [9.17, 15) is 0 Å². The van der Waals surface area contributed by atoms with E-state index in [1.54, 1.807) is 0 Å². The Balaban J connectivity index is 2.16. The number of hydrogen-bond acceptors (Lipinski definition) is 3. The van der Waals surface area contributed by atoms with Crippen molar-refractivity contribution in [1.29, 1.82) is 5.26 Å². The smallest absolute Gasteiger partial charge is 0.138 e. The molecule has 0 fully saturated rings. The van der Waals surface area contributed by atoms with Gasteiger partial charge in [-0.1, -0.05) is 42.0 Å². The van der Waals surface area contributed by atoms with Crippen molar-refractivity contribution < 1.29 is 4.74 Å². The largest absolute Gasteiger partial charge is 0.492 e. The Morgan fingerprint density at radius 2 is 1.72 bits per heavy atom. The quantitative estimate of drug-likeness (QED) is 0.579. The Bertz CT molecular complexity index is 937. The second-order valence-corrected chi connectivity index (χ2v) is 6.40. The van der Waals surface area contributed by atoms with Gasteiger partial charge in [0.15, 0.2) is 0 Å². The van der Waals surface area contributed by atoms with Gasteiger partial charge in [-0.2, -0.15) is 5.26 Å². The molecular weight excluding hydrogens is 308 g/mol. The number of nitriles is 1. The number of ether oxygens (including phenoxy) is 1. The number of aromatic nitrogens is 1. The minimum atomic E-state index is 0.501. The van der Waals surface area contributed by atoms with Crippen LogP contribution in [0.3, 0.4) is 0 Å². The number of benzene rings is 2. The first-order chi connectivity index (χ1) is 12.1. The lowest BCUT2D eigenvalue weighted by Crippen LogP contribution is -2.01. The van der Waals surface area contributed by atoms with E-state index < -0.39 is 0 Å². The molecule has 0 aliphatic rings. The van der Waals surface area contributed by atoms with Crippen LogP contribution in [0.5, 0.6) is 5.75 Å². The molecule has 0 saturated heterocycles. The molecule has 0 atom stereocenters. The van der Waals surface area contributed by atoms with Crippen molar-refractivity contribution in [3.05, 3.63) is 59.3 Å². The normalized spacial score (nSPS) is 10.6. The summed E-state index contributed by atoms with van der Waals surface area (Å²) in [4.78, 5) is 4.71. The van der Waals surface area contributed by atoms with Gasteiger partial charge in [0, 0.05) is 23.6 Å². The number of nitrogens with zero attached hydrogens (tertiary/aromatic N) is 2. The highest BCUT2D eigenvalue weighted by Crippen LogP contribution is 2.38. The Morgan fingerprint density at radius 1 is 1.00 bits per heavy atom. The minimum Gasteiger partial charge on any atom is -0.492 e. The number of unbranched alkanes of at least 4 members (excludes halogenated alkanes) is 1. The molecule has 0 spiro atoms. The van der Waals surface area contributed by atoms with Crippen LogP contribution in [0.25, 0.3) is 22.0 Å². The Hall–Kier alpha value is -2.86. The lowest BCUT2D eigenvalue weighted by atomic mass is 9.98. The number of pyridine rings is 1. The summed E-state index contributed by atoms with van der Waals surface area (Å²) < 4.78 is 6.18. The van der Waals surface area contributed by atoms with E-state index in [4.69, 9.17) is 15.0 Å². The molecular formula is C22H22N2O. The summed E-state index contributed by atoms with van der Waals surface area (Å²) >= 11 is 0. The average Bonchev–Trinajstić information content (AvgIpc) is 2.62. The van der Waals surface area contributed by atoms with E-state index in [2.05, 4.69) is 63.2 Å². The molecule has 0 unspecified atom stereocenters. The second kappa shape index (κ2) is 7.36. The zero-order valence-corrected chi connectivity index (χ0v) is 15.0. The molecule has 0 aliphatic heterocycles. The molecule has 2 aromatic carbocycles. The predicted octanol–water partition coefficient (Wildman–Crippen LogP) is 5.51. The van der Waals surface area contributed by atoms with Gasteiger partial charge in [-0.3, -0.25) is 4.98 Å². The molecule has 0 N–H and O–H groups in total. The van der Waals surface area contributed by atoms with Crippen molar-refractivity contribution in [3.8, 4) is 22.9 Å². The zero-order chi connectivity index (χ0) is 17.8. The van der Waals surface area contributed by atoms with E-state index in [1.807, 2.05) is 6.20 Å². The molecule has 3 rings (SSSR count). The number of rotatable bonds is 5. The summed E-state index contributed by atoms with van der Waals surface area (Å²) in [6.45, 7) is 6.76. The van der Waals surface area contributed by atoms with Crippen molar-refractivity contribution in [2.75, 3.05) is 6.61 Å². The first-order valence-electron chi connectivity index (χ1n) is 8.57. The van der Waals surface area contributed by atoms with Crippen LogP contribution in [0, 0.1) is 32.1 Å². The van der Waals surface area contributed by atoms with Crippen LogP contribution in [-0.4, -0.2) is 11.6 Å². The average molecular weight is 330 g/mol. The second-order valence-electron chi connectivity index (χ2n) is 6.40. The summed E-state index contributed by atoms with van der Waals surface area (Å²) in [7, 11) is 0. The van der Waals surface area contributed by atoms with Crippen molar-refractivity contribution in [2.24, 2.45) is 0 Å². The molecule has 3 nitrogen and oxygen atoms in total. The van der Waals surface area contributed by atoms with Crippen molar-refractivity contribution in [1.82, 2.24) is 4.98 Å². The molecule has 3 heteroatoms. The minimum absolute atomic E-state index is 0.501. The lowest BCUT2D eigenvalue weighted by Gasteiger charge is -2.16. The number of fused-ring (bicyclic) bond motifs is 1. The summed E-state index contributed by atoms with van der Waals surface area (Å²) in [5, 5.41) is 9.82. The summed E-state index contributed by atoms with van der Waals surface area (Å²) in [6.07, 6.45) is 3.12. The molecule has 126 valence electrons. The topological polar surface area (TPSA) is 45.9 Å². The van der Waals surface area contributed by atoms with Gasteiger partial charge in [-0.15, -0.1) is 0 Å². The Labute approximate surface area is 148 Å². The Morgan fingerprint density at radius 3 is 2.44 bits per heavy atom. The fourth-order valence-corrected chi connectivity index (χ4v) is 2.99. The van der Waals surface area contributed by atoms with E-state index in [-0.39, 0.29) is 0 Å². The first kappa shape index (κ1) is 17.0. The van der Waals surface area contributed by atoms with E-state index in [0.717, 1.165) is 45.3 Å². The van der Waals surface area contributed by atoms with Crippen LogP contribution in [0.2, 0.25) is 0 Å². The van der Waals surface area contributed by atoms with Gasteiger partial charge in [0.1, 0.15) is 5.75 Å². The fourth-order valence-electron chi connectivity index (χ4n) is 2.99. The van der Waals surface area contributed by atoms with Gasteiger partial charge in [0.25, 0.3) is 0 Å². The van der Waals surface area contributed by atoms with Gasteiger partial charge in [0.2, 0.25) is 0 Å². The van der Waals surface area contributed by atoms with Crippen LogP contribution >= 0.6 is 0 Å². The molecule has 0 amide bonds. The van der Waals surface area contributed by atoms with E-state index >= 15 is 0 Å². The fraction of sp³-hybridized carbons (Fsp3) is 0.273. The SMILES string of the molecule is Cc1ccc(-c2cnc3c(C)ccc(C)c3c2OCCCC#N)cc1. The lowest BCUT2D eigenvalue weighted by molar-refractivity contribution is 0.317. The third-order valence-electron chi connectivity index (χ3n) is 4.42. The maximum Gasteiger partial charge on any atom is 0.138 e. The van der Waals surface area contributed by atoms with Crippen LogP contribution in [0.1, 0.15) is 29.5 Å². The highest BCUT2D eigenvalue weighted by atomic mass is 16.5. The maximum absolute atomic E-state index is 8.76. The maximum atomic E-state index is 8.76. The van der Waals surface area contributed by atoms with Gasteiger partial charge in [0.05, 0.1) is 18.2 Å². The summed E-state index contributed by atoms with van der Waals surface area (Å²) in [5.74, 6) is 0.869. The monoisotopic (exact) mass is 330 g/mol. The molecule has 3 aromatic rings. The third-order valence-corrected chi connectivity index (χ3v) is 4.42. The van der Waals surface area contributed by atoms with Gasteiger partial charge >= 0.3 is 0 Å². The summed E-state index contributed by atoms with van der Waals surface area (Å²) in [6, 6.07) is 14.8. The zero-order valence-electron chi connectivity index (χ0n) is 15.0. The first-order valence-corrected chi connectivity index (χ1v) is 8.57. The van der Waals surface area contributed by atoms with Crippen molar-refractivity contribution >= 4 is 10.9 Å². The van der Waals surface area contributed by atoms with Crippen LogP contribution in [0.15, 0.2) is 42.6 Å². The number of aryl methyl sites for hydroxylation is 3. The molecule has 1 aromatic heterocycles.